The highest BCUT2D eigenvalue weighted by atomic mass is 35.5. The van der Waals surface area contributed by atoms with Gasteiger partial charge in [0.25, 0.3) is 5.56 Å². The van der Waals surface area contributed by atoms with E-state index in [1.807, 2.05) is 31.3 Å². The van der Waals surface area contributed by atoms with Crippen LogP contribution in [0.5, 0.6) is 5.75 Å². The van der Waals surface area contributed by atoms with Gasteiger partial charge in [0, 0.05) is 50.7 Å². The van der Waals surface area contributed by atoms with Crippen LogP contribution < -0.4 is 20.9 Å². The fourth-order valence-corrected chi connectivity index (χ4v) is 3.69. The lowest BCUT2D eigenvalue weighted by Gasteiger charge is -2.20. The number of hydrogen-bond donors (Lipinski definition) is 1. The highest BCUT2D eigenvalue weighted by Gasteiger charge is 2.18. The Balaban J connectivity index is 1.50. The van der Waals surface area contributed by atoms with Crippen molar-refractivity contribution in [1.82, 2.24) is 24.4 Å². The van der Waals surface area contributed by atoms with E-state index in [4.69, 9.17) is 22.1 Å². The lowest BCUT2D eigenvalue weighted by molar-refractivity contribution is 0.382. The summed E-state index contributed by atoms with van der Waals surface area (Å²) in [5.41, 5.74) is 8.44. The number of nitrogen functional groups attached to an aromatic ring is 1. The van der Waals surface area contributed by atoms with E-state index in [0.717, 1.165) is 24.4 Å². The second-order valence-electron chi connectivity index (χ2n) is 6.96. The summed E-state index contributed by atoms with van der Waals surface area (Å²) in [6.45, 7) is 1.94. The summed E-state index contributed by atoms with van der Waals surface area (Å²) in [5.74, 6) is 0.840. The number of ether oxygens (including phenoxy) is 1. The summed E-state index contributed by atoms with van der Waals surface area (Å²) in [5, 5.41) is 0.135. The Morgan fingerprint density at radius 1 is 1.23 bits per heavy atom. The van der Waals surface area contributed by atoms with Crippen molar-refractivity contribution < 1.29 is 4.74 Å². The number of methoxy groups -OCH3 is 1. The monoisotopic (exact) mass is 427 g/mol. The second-order valence-corrected chi connectivity index (χ2v) is 7.31. The van der Waals surface area contributed by atoms with E-state index in [0.29, 0.717) is 24.3 Å². The van der Waals surface area contributed by atoms with Crippen LogP contribution >= 0.6 is 11.6 Å². The summed E-state index contributed by atoms with van der Waals surface area (Å²) >= 11 is 6.10. The molecule has 1 aliphatic heterocycles. The number of hydrogen-bond acceptors (Lipinski definition) is 8. The molecule has 0 aliphatic carbocycles. The molecule has 0 atom stereocenters. The quantitative estimate of drug-likeness (QED) is 0.597. The van der Waals surface area contributed by atoms with E-state index in [2.05, 4.69) is 31.0 Å². The van der Waals surface area contributed by atoms with Crippen LogP contribution in [0.2, 0.25) is 5.15 Å². The van der Waals surface area contributed by atoms with Crippen LogP contribution in [0.3, 0.4) is 0 Å². The molecule has 156 valence electrons. The number of halogens is 1. The molecule has 0 saturated carbocycles. The van der Waals surface area contributed by atoms with Crippen molar-refractivity contribution in [1.29, 1.82) is 0 Å². The molecule has 1 aromatic carbocycles. The van der Waals surface area contributed by atoms with Gasteiger partial charge in [-0.2, -0.15) is 9.97 Å². The van der Waals surface area contributed by atoms with Gasteiger partial charge in [-0.1, -0.05) is 11.6 Å². The minimum Gasteiger partial charge on any atom is -0.497 e. The number of anilines is 2. The fraction of sp³-hybridized carbons (Fsp3) is 0.300. The number of benzene rings is 1. The Bertz CT molecular complexity index is 1160. The zero-order chi connectivity index (χ0) is 21.3. The van der Waals surface area contributed by atoms with Crippen LogP contribution in [0, 0.1) is 0 Å². The topological polar surface area (TPSA) is 102 Å². The Kier molecular flexibility index (Phi) is 5.45. The van der Waals surface area contributed by atoms with E-state index >= 15 is 0 Å². The fourth-order valence-electron chi connectivity index (χ4n) is 3.47. The van der Waals surface area contributed by atoms with E-state index < -0.39 is 0 Å². The predicted molar refractivity (Wildman–Crippen MR) is 117 cm³/mol. The molecule has 0 radical (unpaired) electrons. The van der Waals surface area contributed by atoms with E-state index in [1.165, 1.54) is 16.5 Å². The van der Waals surface area contributed by atoms with E-state index in [9.17, 15) is 4.79 Å². The summed E-state index contributed by atoms with van der Waals surface area (Å²) in [6.07, 6.45) is 4.26. The largest absolute Gasteiger partial charge is 0.497 e. The molecule has 0 bridgehead atoms. The van der Waals surface area contributed by atoms with Gasteiger partial charge in [0.1, 0.15) is 11.3 Å². The molecule has 0 amide bonds. The first-order valence-electron chi connectivity index (χ1n) is 9.47. The van der Waals surface area contributed by atoms with E-state index in [1.54, 1.807) is 7.11 Å². The number of aromatic nitrogens is 4. The summed E-state index contributed by atoms with van der Waals surface area (Å²) in [7, 11) is 3.70. The zero-order valence-corrected chi connectivity index (χ0v) is 17.5. The number of fused-ring (bicyclic) bond motifs is 1. The van der Waals surface area contributed by atoms with Gasteiger partial charge in [0.2, 0.25) is 5.95 Å². The van der Waals surface area contributed by atoms with Crippen molar-refractivity contribution in [3.05, 3.63) is 57.9 Å². The third-order valence-electron chi connectivity index (χ3n) is 5.15. The maximum absolute atomic E-state index is 12.4. The zero-order valence-electron chi connectivity index (χ0n) is 16.7. The molecule has 4 rings (SSSR count). The van der Waals surface area contributed by atoms with E-state index in [-0.39, 0.29) is 16.7 Å². The Labute approximate surface area is 178 Å². The molecule has 2 N–H and O–H groups in total. The lowest BCUT2D eigenvalue weighted by Crippen LogP contribution is -2.28. The van der Waals surface area contributed by atoms with Gasteiger partial charge in [0.15, 0.2) is 10.8 Å². The van der Waals surface area contributed by atoms with Crippen LogP contribution in [-0.4, -0.2) is 51.7 Å². The van der Waals surface area contributed by atoms with Crippen molar-refractivity contribution in [3.63, 3.8) is 0 Å². The average Bonchev–Trinajstić information content (AvgIpc) is 3.21. The first kappa shape index (κ1) is 20.0. The average molecular weight is 428 g/mol. The Morgan fingerprint density at radius 2 is 2.00 bits per heavy atom. The molecule has 30 heavy (non-hydrogen) atoms. The molecular weight excluding hydrogens is 406 g/mol. The van der Waals surface area contributed by atoms with Crippen LogP contribution in [0.1, 0.15) is 6.42 Å². The summed E-state index contributed by atoms with van der Waals surface area (Å²) < 4.78 is 6.75. The van der Waals surface area contributed by atoms with Gasteiger partial charge in [-0.05, 0) is 24.3 Å². The van der Waals surface area contributed by atoms with Crippen LogP contribution in [0.25, 0.3) is 11.2 Å². The van der Waals surface area contributed by atoms with Gasteiger partial charge in [0.05, 0.1) is 13.3 Å². The van der Waals surface area contributed by atoms with Gasteiger partial charge in [-0.25, -0.2) is 4.98 Å². The molecule has 10 heteroatoms. The van der Waals surface area contributed by atoms with Gasteiger partial charge < -0.3 is 20.3 Å². The molecule has 9 nitrogen and oxygen atoms in total. The number of nitrogens with two attached hydrogens (primary N) is 1. The predicted octanol–water partition coefficient (Wildman–Crippen LogP) is 2.11. The molecule has 0 spiro atoms. The molecule has 0 saturated heterocycles. The molecular formula is C20H22ClN7O2. The Morgan fingerprint density at radius 3 is 2.73 bits per heavy atom. The van der Waals surface area contributed by atoms with Crippen LogP contribution in [-0.2, 0) is 6.54 Å². The third kappa shape index (κ3) is 3.88. The third-order valence-corrected chi connectivity index (χ3v) is 5.42. The minimum absolute atomic E-state index is 0.0121. The molecule has 0 unspecified atom stereocenters. The minimum atomic E-state index is -0.254. The maximum Gasteiger partial charge on any atom is 0.270 e. The molecule has 3 aromatic rings. The Hall–Kier alpha value is -3.33. The molecule has 3 heterocycles. The van der Waals surface area contributed by atoms with Crippen LogP contribution in [0.4, 0.5) is 11.6 Å². The number of rotatable bonds is 6. The second kappa shape index (κ2) is 8.19. The van der Waals surface area contributed by atoms with Crippen molar-refractivity contribution in [2.45, 2.75) is 13.0 Å². The summed E-state index contributed by atoms with van der Waals surface area (Å²) in [4.78, 5) is 28.8. The van der Waals surface area contributed by atoms with Gasteiger partial charge in [-0.15, -0.1) is 0 Å². The van der Waals surface area contributed by atoms with Crippen molar-refractivity contribution in [2.24, 2.45) is 0 Å². The van der Waals surface area contributed by atoms with Crippen molar-refractivity contribution in [3.8, 4) is 5.75 Å². The maximum atomic E-state index is 12.4. The van der Waals surface area contributed by atoms with Crippen molar-refractivity contribution >= 4 is 34.4 Å². The first-order chi connectivity index (χ1) is 14.5. The van der Waals surface area contributed by atoms with Crippen molar-refractivity contribution in [2.75, 3.05) is 37.9 Å². The standard InChI is InChI=1S/C20H22ClN7O2/c1-26(13-3-5-15(30-2)6-4-13)14-7-8-27(12-14)9-10-28-16(29)11-23-17-18(21)24-20(22)25-19(17)28/h3-6,11-12H,7-10H2,1-2H3,(H2,22,24,25). The highest BCUT2D eigenvalue weighted by molar-refractivity contribution is 6.33. The first-order valence-corrected chi connectivity index (χ1v) is 9.85. The highest BCUT2D eigenvalue weighted by Crippen LogP contribution is 2.25. The molecule has 0 fully saturated rings. The number of nitrogens with zero attached hydrogens (tertiary/aromatic N) is 6. The molecule has 2 aromatic heterocycles. The van der Waals surface area contributed by atoms with Gasteiger partial charge in [-0.3, -0.25) is 9.36 Å². The van der Waals surface area contributed by atoms with Crippen LogP contribution in [0.15, 0.2) is 47.2 Å². The smallest absolute Gasteiger partial charge is 0.270 e. The summed E-state index contributed by atoms with van der Waals surface area (Å²) in [6, 6.07) is 7.94. The lowest BCUT2D eigenvalue weighted by atomic mass is 10.2. The molecule has 1 aliphatic rings. The normalized spacial score (nSPS) is 13.6. The van der Waals surface area contributed by atoms with Gasteiger partial charge >= 0.3 is 0 Å². The SMILES string of the molecule is COc1ccc(N(C)C2=CN(CCn3c(=O)cnc4c(Cl)nc(N)nc43)CC2)cc1.